The molecule has 0 aromatic heterocycles. The van der Waals surface area contributed by atoms with Gasteiger partial charge in [-0.3, -0.25) is 4.79 Å². The summed E-state index contributed by atoms with van der Waals surface area (Å²) >= 11 is 1.10. The highest BCUT2D eigenvalue weighted by Crippen LogP contribution is 2.24. The highest BCUT2D eigenvalue weighted by Gasteiger charge is 2.39. The molecule has 0 unspecified atom stereocenters. The average Bonchev–Trinajstić information content (AvgIpc) is 2.72. The first-order valence-electron chi connectivity index (χ1n) is 6.05. The number of carbonyl (C=O) groups is 3. The van der Waals surface area contributed by atoms with E-state index in [1.54, 1.807) is 13.8 Å². The van der Waals surface area contributed by atoms with E-state index in [-0.39, 0.29) is 36.7 Å². The van der Waals surface area contributed by atoms with Crippen molar-refractivity contribution >= 4 is 29.1 Å². The van der Waals surface area contributed by atoms with Crippen molar-refractivity contribution in [3.63, 3.8) is 0 Å². The Bertz CT molecular complexity index is 337. The van der Waals surface area contributed by atoms with Crippen LogP contribution in [0.3, 0.4) is 0 Å². The van der Waals surface area contributed by atoms with Crippen LogP contribution >= 0.6 is 11.8 Å². The molecule has 0 aromatic rings. The van der Waals surface area contributed by atoms with E-state index < -0.39 is 12.2 Å². The third kappa shape index (κ3) is 4.30. The number of hydrogen-bond acceptors (Lipinski definition) is 6. The Morgan fingerprint density at radius 3 is 1.79 bits per heavy atom. The van der Waals surface area contributed by atoms with Gasteiger partial charge in [0.15, 0.2) is 5.12 Å². The summed E-state index contributed by atoms with van der Waals surface area (Å²) in [5, 5.41) is 2.15. The Labute approximate surface area is 116 Å². The topological polar surface area (TPSA) is 76.2 Å². The maximum Gasteiger partial charge on any atom is 0.428 e. The molecule has 1 aliphatic heterocycles. The second-order valence-corrected chi connectivity index (χ2v) is 5.27. The zero-order valence-corrected chi connectivity index (χ0v) is 12.1. The number of nitrogens with zero attached hydrogens (tertiary/aromatic N) is 2. The van der Waals surface area contributed by atoms with Gasteiger partial charge in [-0.15, -0.1) is 0 Å². The van der Waals surface area contributed by atoms with E-state index in [4.69, 9.17) is 9.47 Å². The Morgan fingerprint density at radius 1 is 1.05 bits per heavy atom. The minimum atomic E-state index is -0.609. The second kappa shape index (κ2) is 7.22. The normalized spacial score (nSPS) is 15.5. The molecular weight excluding hydrogens is 272 g/mol. The highest BCUT2D eigenvalue weighted by atomic mass is 32.2. The summed E-state index contributed by atoms with van der Waals surface area (Å²) in [5.74, 6) is 0. The number of thioether (sulfide) groups is 1. The molecule has 1 aliphatic rings. The largest absolute Gasteiger partial charge is 0.448 e. The van der Waals surface area contributed by atoms with Gasteiger partial charge in [-0.25, -0.2) is 19.6 Å². The van der Waals surface area contributed by atoms with E-state index in [0.717, 1.165) is 11.8 Å². The van der Waals surface area contributed by atoms with Crippen LogP contribution in [0.4, 0.5) is 9.59 Å². The molecule has 1 rings (SSSR count). The molecule has 19 heavy (non-hydrogen) atoms. The van der Waals surface area contributed by atoms with Crippen LogP contribution in [0.15, 0.2) is 0 Å². The summed E-state index contributed by atoms with van der Waals surface area (Å²) in [4.78, 5) is 34.6. The van der Waals surface area contributed by atoms with Crippen LogP contribution in [0.2, 0.25) is 0 Å². The number of hydrogen-bond donors (Lipinski definition) is 0. The maximum atomic E-state index is 11.8. The Morgan fingerprint density at radius 2 is 1.47 bits per heavy atom. The van der Waals surface area contributed by atoms with E-state index in [0.29, 0.717) is 0 Å². The molecule has 7 nitrogen and oxygen atoms in total. The number of hydrazine groups is 1. The van der Waals surface area contributed by atoms with Gasteiger partial charge in [-0.2, -0.15) is 0 Å². The monoisotopic (exact) mass is 290 g/mol. The number of rotatable bonds is 3. The molecule has 0 radical (unpaired) electrons. The highest BCUT2D eigenvalue weighted by molar-refractivity contribution is 8.14. The van der Waals surface area contributed by atoms with Crippen molar-refractivity contribution in [2.24, 2.45) is 0 Å². The summed E-state index contributed by atoms with van der Waals surface area (Å²) in [5.41, 5.74) is 0. The molecule has 0 aromatic carbocycles. The van der Waals surface area contributed by atoms with Crippen molar-refractivity contribution < 1.29 is 23.9 Å². The molecule has 1 heterocycles. The van der Waals surface area contributed by atoms with Gasteiger partial charge >= 0.3 is 12.2 Å². The zero-order chi connectivity index (χ0) is 14.4. The van der Waals surface area contributed by atoms with E-state index in [2.05, 4.69) is 0 Å². The van der Waals surface area contributed by atoms with Gasteiger partial charge in [-0.05, 0) is 13.8 Å². The van der Waals surface area contributed by atoms with E-state index in [9.17, 15) is 14.4 Å². The fourth-order valence-electron chi connectivity index (χ4n) is 1.69. The fraction of sp³-hybridized carbons (Fsp3) is 0.727. The molecule has 0 aliphatic carbocycles. The lowest BCUT2D eigenvalue weighted by molar-refractivity contribution is -0.109. The second-order valence-electron chi connectivity index (χ2n) is 3.79. The van der Waals surface area contributed by atoms with Crippen molar-refractivity contribution in [3.8, 4) is 0 Å². The van der Waals surface area contributed by atoms with Gasteiger partial charge in [0.25, 0.3) is 0 Å². The first kappa shape index (κ1) is 15.6. The van der Waals surface area contributed by atoms with Crippen molar-refractivity contribution in [1.29, 1.82) is 0 Å². The third-order valence-corrected chi connectivity index (χ3v) is 3.30. The summed E-state index contributed by atoms with van der Waals surface area (Å²) in [6.45, 7) is 5.76. The van der Waals surface area contributed by atoms with Gasteiger partial charge in [0.2, 0.25) is 0 Å². The molecule has 0 spiro atoms. The van der Waals surface area contributed by atoms with Crippen LogP contribution in [-0.4, -0.2) is 58.9 Å². The molecule has 2 amide bonds. The third-order valence-electron chi connectivity index (χ3n) is 2.33. The van der Waals surface area contributed by atoms with Crippen molar-refractivity contribution in [2.75, 3.05) is 26.3 Å². The first-order chi connectivity index (χ1) is 8.99. The van der Waals surface area contributed by atoms with Gasteiger partial charge < -0.3 is 9.47 Å². The predicted molar refractivity (Wildman–Crippen MR) is 69.5 cm³/mol. The van der Waals surface area contributed by atoms with Crippen LogP contribution in [-0.2, 0) is 14.3 Å². The first-order valence-corrected chi connectivity index (χ1v) is 6.93. The number of carbonyl (C=O) groups excluding carboxylic acids is 3. The molecule has 108 valence electrons. The van der Waals surface area contributed by atoms with Crippen LogP contribution in [0.1, 0.15) is 20.8 Å². The standard InChI is InChI=1S/C11H18N2O5S/c1-4-17-10(15)12-6-9(19-8(3)14)7-13(12)11(16)18-5-2/h9H,4-7H2,1-3H3. The van der Waals surface area contributed by atoms with Crippen LogP contribution in [0.25, 0.3) is 0 Å². The smallest absolute Gasteiger partial charge is 0.428 e. The van der Waals surface area contributed by atoms with Crippen molar-refractivity contribution in [3.05, 3.63) is 0 Å². The lowest BCUT2D eigenvalue weighted by Crippen LogP contribution is -2.45. The minimum Gasteiger partial charge on any atom is -0.448 e. The fourth-order valence-corrected chi connectivity index (χ4v) is 2.59. The molecule has 0 bridgehead atoms. The van der Waals surface area contributed by atoms with Gasteiger partial charge in [0, 0.05) is 6.92 Å². The van der Waals surface area contributed by atoms with Gasteiger partial charge in [0.1, 0.15) is 0 Å². The number of amides is 2. The summed E-state index contributed by atoms with van der Waals surface area (Å²) < 4.78 is 9.76. The summed E-state index contributed by atoms with van der Waals surface area (Å²) in [6, 6.07) is 0. The molecule has 0 atom stereocenters. The molecular formula is C11H18N2O5S. The average molecular weight is 290 g/mol. The number of ether oxygens (including phenoxy) is 2. The lowest BCUT2D eigenvalue weighted by Gasteiger charge is -2.25. The lowest BCUT2D eigenvalue weighted by atomic mass is 10.4. The van der Waals surface area contributed by atoms with Gasteiger partial charge in [0.05, 0.1) is 31.6 Å². The quantitative estimate of drug-likeness (QED) is 0.783. The Kier molecular flexibility index (Phi) is 5.94. The van der Waals surface area contributed by atoms with Crippen LogP contribution in [0, 0.1) is 0 Å². The molecule has 0 N–H and O–H groups in total. The SMILES string of the molecule is CCOC(=O)N1CC(SC(C)=O)CN1C(=O)OCC. The maximum absolute atomic E-state index is 11.8. The van der Waals surface area contributed by atoms with Crippen molar-refractivity contribution in [1.82, 2.24) is 10.0 Å². The zero-order valence-electron chi connectivity index (χ0n) is 11.2. The summed E-state index contributed by atoms with van der Waals surface area (Å²) in [6.07, 6.45) is -1.22. The van der Waals surface area contributed by atoms with E-state index in [1.807, 2.05) is 0 Å². The van der Waals surface area contributed by atoms with Crippen LogP contribution in [0.5, 0.6) is 0 Å². The molecule has 8 heteroatoms. The summed E-state index contributed by atoms with van der Waals surface area (Å²) in [7, 11) is 0. The minimum absolute atomic E-state index is 0.0560. The molecule has 1 fully saturated rings. The van der Waals surface area contributed by atoms with Crippen molar-refractivity contribution in [2.45, 2.75) is 26.0 Å². The molecule has 1 saturated heterocycles. The van der Waals surface area contributed by atoms with Gasteiger partial charge in [-0.1, -0.05) is 11.8 Å². The predicted octanol–water partition coefficient (Wildman–Crippen LogP) is 1.48. The Balaban J connectivity index is 2.74. The Hall–Kier alpha value is -1.44. The van der Waals surface area contributed by atoms with E-state index >= 15 is 0 Å². The van der Waals surface area contributed by atoms with E-state index in [1.165, 1.54) is 16.9 Å². The van der Waals surface area contributed by atoms with Crippen LogP contribution < -0.4 is 0 Å². The molecule has 0 saturated carbocycles.